The van der Waals surface area contributed by atoms with Gasteiger partial charge in [0.2, 0.25) is 5.91 Å². The summed E-state index contributed by atoms with van der Waals surface area (Å²) in [6, 6.07) is 0.105. The standard InChI is InChI=1S/C12H17BrN2OS/c1-3-9-7-14-11(17-9)8(2)15-6-4-5-10(13)12(15)16/h7-8,10H,3-6H2,1-2H3. The van der Waals surface area contributed by atoms with Gasteiger partial charge in [-0.25, -0.2) is 4.98 Å². The predicted molar refractivity (Wildman–Crippen MR) is 73.6 cm³/mol. The summed E-state index contributed by atoms with van der Waals surface area (Å²) in [6.45, 7) is 5.05. The molecule has 1 aromatic heterocycles. The van der Waals surface area contributed by atoms with E-state index in [1.54, 1.807) is 11.3 Å². The van der Waals surface area contributed by atoms with Gasteiger partial charge in [-0.2, -0.15) is 0 Å². The van der Waals surface area contributed by atoms with Crippen molar-refractivity contribution in [3.63, 3.8) is 0 Å². The molecule has 1 amide bonds. The topological polar surface area (TPSA) is 33.2 Å². The molecule has 1 aliphatic rings. The summed E-state index contributed by atoms with van der Waals surface area (Å²) in [7, 11) is 0. The Bertz CT molecular complexity index is 407. The molecule has 0 bridgehead atoms. The van der Waals surface area contributed by atoms with Crippen LogP contribution in [0.25, 0.3) is 0 Å². The Balaban J connectivity index is 2.13. The number of thiazole rings is 1. The van der Waals surface area contributed by atoms with E-state index in [0.717, 1.165) is 30.8 Å². The molecule has 1 saturated heterocycles. The number of aromatic nitrogens is 1. The van der Waals surface area contributed by atoms with E-state index in [4.69, 9.17) is 0 Å². The molecule has 0 spiro atoms. The SMILES string of the molecule is CCc1cnc(C(C)N2CCCC(Br)C2=O)s1. The van der Waals surface area contributed by atoms with Crippen molar-refractivity contribution in [2.75, 3.05) is 6.54 Å². The monoisotopic (exact) mass is 316 g/mol. The van der Waals surface area contributed by atoms with E-state index >= 15 is 0 Å². The van der Waals surface area contributed by atoms with E-state index in [0.29, 0.717) is 0 Å². The second-order valence-electron chi connectivity index (χ2n) is 4.34. The summed E-state index contributed by atoms with van der Waals surface area (Å²) >= 11 is 5.16. The van der Waals surface area contributed by atoms with Crippen molar-refractivity contribution in [1.82, 2.24) is 9.88 Å². The van der Waals surface area contributed by atoms with Crippen LogP contribution in [-0.4, -0.2) is 27.2 Å². The Kier molecular flexibility index (Phi) is 4.20. The van der Waals surface area contributed by atoms with E-state index in [9.17, 15) is 4.79 Å². The fourth-order valence-electron chi connectivity index (χ4n) is 2.05. The number of aryl methyl sites for hydroxylation is 1. The molecule has 1 aliphatic heterocycles. The van der Waals surface area contributed by atoms with Gasteiger partial charge in [-0.15, -0.1) is 11.3 Å². The number of hydrogen-bond donors (Lipinski definition) is 0. The van der Waals surface area contributed by atoms with Crippen molar-refractivity contribution in [3.8, 4) is 0 Å². The van der Waals surface area contributed by atoms with E-state index in [1.807, 2.05) is 11.1 Å². The average molecular weight is 317 g/mol. The average Bonchev–Trinajstić information content (AvgIpc) is 2.80. The van der Waals surface area contributed by atoms with Crippen LogP contribution < -0.4 is 0 Å². The van der Waals surface area contributed by atoms with Crippen molar-refractivity contribution in [2.45, 2.75) is 44.0 Å². The van der Waals surface area contributed by atoms with Gasteiger partial charge in [-0.3, -0.25) is 4.79 Å². The van der Waals surface area contributed by atoms with Crippen molar-refractivity contribution in [2.24, 2.45) is 0 Å². The zero-order valence-corrected chi connectivity index (χ0v) is 12.6. The van der Waals surface area contributed by atoms with E-state index in [2.05, 4.69) is 34.8 Å². The lowest BCUT2D eigenvalue weighted by molar-refractivity contribution is -0.134. The maximum Gasteiger partial charge on any atom is 0.236 e. The second kappa shape index (κ2) is 5.48. The Labute approximate surface area is 114 Å². The Morgan fingerprint density at radius 3 is 3.12 bits per heavy atom. The number of carbonyl (C=O) groups excluding carboxylic acids is 1. The first-order valence-corrected chi connectivity index (χ1v) is 7.75. The fraction of sp³-hybridized carbons (Fsp3) is 0.667. The smallest absolute Gasteiger partial charge is 0.236 e. The highest BCUT2D eigenvalue weighted by atomic mass is 79.9. The number of halogens is 1. The minimum absolute atomic E-state index is 0.00990. The van der Waals surface area contributed by atoms with Gasteiger partial charge < -0.3 is 4.90 Å². The van der Waals surface area contributed by atoms with Crippen LogP contribution in [0.3, 0.4) is 0 Å². The predicted octanol–water partition coefficient (Wildman–Crippen LogP) is 3.15. The van der Waals surface area contributed by atoms with Crippen LogP contribution in [0.15, 0.2) is 6.20 Å². The molecule has 0 aromatic carbocycles. The van der Waals surface area contributed by atoms with Gasteiger partial charge in [0.25, 0.3) is 0 Å². The Morgan fingerprint density at radius 1 is 1.71 bits per heavy atom. The van der Waals surface area contributed by atoms with Gasteiger partial charge in [0.1, 0.15) is 5.01 Å². The number of piperidine rings is 1. The molecule has 94 valence electrons. The van der Waals surface area contributed by atoms with Crippen molar-refractivity contribution >= 4 is 33.2 Å². The lowest BCUT2D eigenvalue weighted by atomic mass is 10.1. The van der Waals surface area contributed by atoms with Gasteiger partial charge >= 0.3 is 0 Å². The number of carbonyl (C=O) groups is 1. The number of amides is 1. The van der Waals surface area contributed by atoms with Crippen LogP contribution >= 0.6 is 27.3 Å². The highest BCUT2D eigenvalue weighted by molar-refractivity contribution is 9.10. The highest BCUT2D eigenvalue weighted by Gasteiger charge is 2.31. The maximum atomic E-state index is 12.1. The summed E-state index contributed by atoms with van der Waals surface area (Å²) in [6.07, 6.45) is 4.95. The molecule has 0 radical (unpaired) electrons. The lowest BCUT2D eigenvalue weighted by Gasteiger charge is -2.33. The molecular formula is C12H17BrN2OS. The molecule has 2 heterocycles. The third-order valence-corrected chi connectivity index (χ3v) is 5.31. The lowest BCUT2D eigenvalue weighted by Crippen LogP contribution is -2.43. The van der Waals surface area contributed by atoms with Crippen molar-refractivity contribution < 1.29 is 4.79 Å². The highest BCUT2D eigenvalue weighted by Crippen LogP contribution is 2.30. The zero-order valence-electron chi connectivity index (χ0n) is 10.1. The molecule has 17 heavy (non-hydrogen) atoms. The van der Waals surface area contributed by atoms with E-state index < -0.39 is 0 Å². The summed E-state index contributed by atoms with van der Waals surface area (Å²) in [4.78, 5) is 19.7. The first-order valence-electron chi connectivity index (χ1n) is 6.02. The molecule has 1 aromatic rings. The van der Waals surface area contributed by atoms with Crippen LogP contribution in [0.4, 0.5) is 0 Å². The second-order valence-corrected chi connectivity index (χ2v) is 6.59. The molecule has 0 N–H and O–H groups in total. The third-order valence-electron chi connectivity index (χ3n) is 3.15. The number of likely N-dealkylation sites (tertiary alicyclic amines) is 1. The van der Waals surface area contributed by atoms with Crippen molar-refractivity contribution in [3.05, 3.63) is 16.1 Å². The normalized spacial score (nSPS) is 22.9. The molecule has 2 unspecified atom stereocenters. The Morgan fingerprint density at radius 2 is 2.47 bits per heavy atom. The third kappa shape index (κ3) is 2.71. The van der Waals surface area contributed by atoms with Crippen LogP contribution in [0, 0.1) is 0 Å². The molecule has 0 aliphatic carbocycles. The maximum absolute atomic E-state index is 12.1. The summed E-state index contributed by atoms with van der Waals surface area (Å²) in [5.74, 6) is 0.206. The first-order chi connectivity index (χ1) is 8.13. The molecule has 3 nitrogen and oxygen atoms in total. The minimum Gasteiger partial charge on any atom is -0.333 e. The molecule has 5 heteroatoms. The number of rotatable bonds is 3. The van der Waals surface area contributed by atoms with Crippen LogP contribution in [-0.2, 0) is 11.2 Å². The largest absolute Gasteiger partial charge is 0.333 e. The number of alkyl halides is 1. The Hall–Kier alpha value is -0.420. The first kappa shape index (κ1) is 13.0. The van der Waals surface area contributed by atoms with Crippen LogP contribution in [0.5, 0.6) is 0 Å². The van der Waals surface area contributed by atoms with Crippen LogP contribution in [0.1, 0.15) is 42.6 Å². The van der Waals surface area contributed by atoms with Gasteiger partial charge in [-0.05, 0) is 26.2 Å². The van der Waals surface area contributed by atoms with Gasteiger partial charge in [-0.1, -0.05) is 22.9 Å². The molecule has 0 saturated carbocycles. The molecular weight excluding hydrogens is 300 g/mol. The summed E-state index contributed by atoms with van der Waals surface area (Å²) < 4.78 is 0. The fourth-order valence-corrected chi connectivity index (χ4v) is 3.56. The number of hydrogen-bond acceptors (Lipinski definition) is 3. The van der Waals surface area contributed by atoms with E-state index in [1.165, 1.54) is 4.88 Å². The summed E-state index contributed by atoms with van der Waals surface area (Å²) in [5, 5.41) is 1.05. The minimum atomic E-state index is -0.00990. The summed E-state index contributed by atoms with van der Waals surface area (Å²) in [5.41, 5.74) is 0. The molecule has 2 atom stereocenters. The van der Waals surface area contributed by atoms with E-state index in [-0.39, 0.29) is 16.8 Å². The molecule has 1 fully saturated rings. The van der Waals surface area contributed by atoms with Crippen LogP contribution in [0.2, 0.25) is 0 Å². The zero-order chi connectivity index (χ0) is 12.4. The van der Waals surface area contributed by atoms with Gasteiger partial charge in [0.05, 0.1) is 10.9 Å². The van der Waals surface area contributed by atoms with Crippen molar-refractivity contribution in [1.29, 1.82) is 0 Å². The van der Waals surface area contributed by atoms with Gasteiger partial charge in [0.15, 0.2) is 0 Å². The number of nitrogens with zero attached hydrogens (tertiary/aromatic N) is 2. The molecule has 2 rings (SSSR count). The quantitative estimate of drug-likeness (QED) is 0.803. The van der Waals surface area contributed by atoms with Gasteiger partial charge in [0, 0.05) is 17.6 Å².